The number of hydrogen-bond acceptors (Lipinski definition) is 4. The minimum atomic E-state index is -0.307. The summed E-state index contributed by atoms with van der Waals surface area (Å²) in [7, 11) is 0. The Morgan fingerprint density at radius 2 is 2.07 bits per heavy atom. The minimum Gasteiger partial charge on any atom is -0.408 e. The van der Waals surface area contributed by atoms with E-state index in [1.54, 1.807) is 16.7 Å². The standard InChI is InChI=1S/C22H20ClN3O2/c23-16-7-8-21-20(12-16)26(22(27)28-21)17-4-3-11-25(14-17)13-15-9-10-24-19-6-2-1-5-18(15)19/h1-2,5-10,12,17H,3-4,11,13-14H2. The molecule has 1 atom stereocenters. The molecule has 28 heavy (non-hydrogen) atoms. The molecular weight excluding hydrogens is 374 g/mol. The molecule has 5 nitrogen and oxygen atoms in total. The Labute approximate surface area is 167 Å². The zero-order valence-electron chi connectivity index (χ0n) is 15.3. The second kappa shape index (κ2) is 7.08. The first-order valence-corrected chi connectivity index (χ1v) is 9.92. The molecule has 1 unspecified atom stereocenters. The van der Waals surface area contributed by atoms with E-state index in [2.05, 4.69) is 22.0 Å². The van der Waals surface area contributed by atoms with Crippen LogP contribution in [0.15, 0.2) is 63.9 Å². The van der Waals surface area contributed by atoms with Crippen LogP contribution in [0.3, 0.4) is 0 Å². The molecule has 142 valence electrons. The van der Waals surface area contributed by atoms with Crippen LogP contribution in [-0.4, -0.2) is 27.5 Å². The molecule has 0 radical (unpaired) electrons. The number of pyridine rings is 1. The van der Waals surface area contributed by atoms with Gasteiger partial charge in [-0.1, -0.05) is 29.8 Å². The Morgan fingerprint density at radius 3 is 3.00 bits per heavy atom. The van der Waals surface area contributed by atoms with Crippen LogP contribution in [0.4, 0.5) is 0 Å². The van der Waals surface area contributed by atoms with E-state index in [9.17, 15) is 4.79 Å². The predicted molar refractivity (Wildman–Crippen MR) is 111 cm³/mol. The topological polar surface area (TPSA) is 51.3 Å². The molecule has 1 saturated heterocycles. The molecule has 0 bridgehead atoms. The summed E-state index contributed by atoms with van der Waals surface area (Å²) in [5.74, 6) is -0.307. The summed E-state index contributed by atoms with van der Waals surface area (Å²) in [6, 6.07) is 15.7. The van der Waals surface area contributed by atoms with Gasteiger partial charge in [-0.15, -0.1) is 0 Å². The van der Waals surface area contributed by atoms with Gasteiger partial charge >= 0.3 is 5.76 Å². The van der Waals surface area contributed by atoms with Gasteiger partial charge < -0.3 is 4.42 Å². The molecule has 2 aromatic carbocycles. The third kappa shape index (κ3) is 3.11. The van der Waals surface area contributed by atoms with Gasteiger partial charge in [0, 0.05) is 29.7 Å². The van der Waals surface area contributed by atoms with Crippen LogP contribution in [0.2, 0.25) is 5.02 Å². The summed E-state index contributed by atoms with van der Waals surface area (Å²) < 4.78 is 7.22. The number of aromatic nitrogens is 2. The van der Waals surface area contributed by atoms with E-state index in [0.29, 0.717) is 10.6 Å². The van der Waals surface area contributed by atoms with E-state index in [1.807, 2.05) is 30.5 Å². The average Bonchev–Trinajstić information content (AvgIpc) is 3.03. The van der Waals surface area contributed by atoms with Gasteiger partial charge in [0.15, 0.2) is 5.58 Å². The highest BCUT2D eigenvalue weighted by molar-refractivity contribution is 6.31. The lowest BCUT2D eigenvalue weighted by atomic mass is 10.0. The lowest BCUT2D eigenvalue weighted by molar-refractivity contribution is 0.168. The van der Waals surface area contributed by atoms with Crippen LogP contribution in [-0.2, 0) is 6.54 Å². The highest BCUT2D eigenvalue weighted by Crippen LogP contribution is 2.28. The first-order chi connectivity index (χ1) is 13.7. The van der Waals surface area contributed by atoms with Gasteiger partial charge in [-0.05, 0) is 55.3 Å². The summed E-state index contributed by atoms with van der Waals surface area (Å²) in [4.78, 5) is 19.4. The van der Waals surface area contributed by atoms with Crippen LogP contribution < -0.4 is 5.76 Å². The predicted octanol–water partition coefficient (Wildman–Crippen LogP) is 4.63. The van der Waals surface area contributed by atoms with Crippen LogP contribution in [0.25, 0.3) is 22.0 Å². The molecule has 4 aromatic rings. The molecule has 6 heteroatoms. The fraction of sp³-hybridized carbons (Fsp3) is 0.273. The SMILES string of the molecule is O=c1oc2ccc(Cl)cc2n1C1CCCN(Cc2ccnc3ccccc23)C1. The number of piperidine rings is 1. The molecule has 0 amide bonds. The minimum absolute atomic E-state index is 0.0778. The van der Waals surface area contributed by atoms with Crippen molar-refractivity contribution in [3.05, 3.63) is 75.9 Å². The highest BCUT2D eigenvalue weighted by Gasteiger charge is 2.25. The number of benzene rings is 2. The van der Waals surface area contributed by atoms with Crippen molar-refractivity contribution in [3.63, 3.8) is 0 Å². The maximum absolute atomic E-state index is 12.5. The second-order valence-electron chi connectivity index (χ2n) is 7.37. The molecular formula is C22H20ClN3O2. The zero-order valence-corrected chi connectivity index (χ0v) is 16.1. The first-order valence-electron chi connectivity index (χ1n) is 9.54. The zero-order chi connectivity index (χ0) is 19.1. The van der Waals surface area contributed by atoms with Crippen LogP contribution >= 0.6 is 11.6 Å². The Morgan fingerprint density at radius 1 is 1.18 bits per heavy atom. The summed E-state index contributed by atoms with van der Waals surface area (Å²) in [6.45, 7) is 2.65. The monoisotopic (exact) mass is 393 g/mol. The van der Waals surface area contributed by atoms with E-state index in [1.165, 1.54) is 10.9 Å². The molecule has 1 fully saturated rings. The number of hydrogen-bond donors (Lipinski definition) is 0. The fourth-order valence-corrected chi connectivity index (χ4v) is 4.44. The van der Waals surface area contributed by atoms with Crippen molar-refractivity contribution in [2.75, 3.05) is 13.1 Å². The maximum Gasteiger partial charge on any atom is 0.420 e. The Hall–Kier alpha value is -2.63. The number of fused-ring (bicyclic) bond motifs is 2. The normalized spacial score (nSPS) is 18.1. The smallest absolute Gasteiger partial charge is 0.408 e. The van der Waals surface area contributed by atoms with E-state index >= 15 is 0 Å². The average molecular weight is 394 g/mol. The quantitative estimate of drug-likeness (QED) is 0.509. The molecule has 1 aliphatic rings. The lowest BCUT2D eigenvalue weighted by Crippen LogP contribution is -2.38. The number of rotatable bonds is 3. The molecule has 2 aromatic heterocycles. The van der Waals surface area contributed by atoms with Crippen molar-refractivity contribution >= 4 is 33.6 Å². The number of halogens is 1. The Balaban J connectivity index is 1.45. The number of oxazole rings is 1. The maximum atomic E-state index is 12.5. The van der Waals surface area contributed by atoms with Gasteiger partial charge in [0.2, 0.25) is 0 Å². The van der Waals surface area contributed by atoms with Crippen LogP contribution in [0.5, 0.6) is 0 Å². The van der Waals surface area contributed by atoms with Crippen molar-refractivity contribution in [3.8, 4) is 0 Å². The third-order valence-electron chi connectivity index (χ3n) is 5.55. The van der Waals surface area contributed by atoms with Gasteiger partial charge in [0.05, 0.1) is 17.1 Å². The highest BCUT2D eigenvalue weighted by atomic mass is 35.5. The molecule has 5 rings (SSSR count). The molecule has 3 heterocycles. The van der Waals surface area contributed by atoms with E-state index in [0.717, 1.165) is 43.5 Å². The molecule has 0 saturated carbocycles. The van der Waals surface area contributed by atoms with Crippen LogP contribution in [0.1, 0.15) is 24.4 Å². The van der Waals surface area contributed by atoms with Gasteiger partial charge in [-0.25, -0.2) is 4.79 Å². The largest absolute Gasteiger partial charge is 0.420 e. The molecule has 0 spiro atoms. The molecule has 0 N–H and O–H groups in total. The van der Waals surface area contributed by atoms with Gasteiger partial charge in [-0.2, -0.15) is 0 Å². The van der Waals surface area contributed by atoms with Crippen molar-refractivity contribution < 1.29 is 4.42 Å². The van der Waals surface area contributed by atoms with Crippen LogP contribution in [0, 0.1) is 0 Å². The Bertz CT molecular complexity index is 1210. The number of nitrogens with zero attached hydrogens (tertiary/aromatic N) is 3. The van der Waals surface area contributed by atoms with Crippen molar-refractivity contribution in [2.24, 2.45) is 0 Å². The first kappa shape index (κ1) is 17.5. The van der Waals surface area contributed by atoms with E-state index < -0.39 is 0 Å². The van der Waals surface area contributed by atoms with Crippen molar-refractivity contribution in [2.45, 2.75) is 25.4 Å². The third-order valence-corrected chi connectivity index (χ3v) is 5.79. The molecule has 1 aliphatic heterocycles. The van der Waals surface area contributed by atoms with Crippen molar-refractivity contribution in [1.29, 1.82) is 0 Å². The van der Waals surface area contributed by atoms with Gasteiger partial charge in [0.25, 0.3) is 0 Å². The Kier molecular flexibility index (Phi) is 4.41. The van der Waals surface area contributed by atoms with Gasteiger partial charge in [0.1, 0.15) is 0 Å². The summed E-state index contributed by atoms with van der Waals surface area (Å²) >= 11 is 6.16. The van der Waals surface area contributed by atoms with E-state index in [-0.39, 0.29) is 11.8 Å². The summed E-state index contributed by atoms with van der Waals surface area (Å²) in [5, 5.41) is 1.79. The summed E-state index contributed by atoms with van der Waals surface area (Å²) in [6.07, 6.45) is 3.86. The molecule has 0 aliphatic carbocycles. The van der Waals surface area contributed by atoms with Crippen molar-refractivity contribution in [1.82, 2.24) is 14.5 Å². The lowest BCUT2D eigenvalue weighted by Gasteiger charge is -2.33. The fourth-order valence-electron chi connectivity index (χ4n) is 4.27. The number of para-hydroxylation sites is 1. The van der Waals surface area contributed by atoms with Gasteiger partial charge in [-0.3, -0.25) is 14.5 Å². The number of likely N-dealkylation sites (tertiary alicyclic amines) is 1. The second-order valence-corrected chi connectivity index (χ2v) is 7.80. The summed E-state index contributed by atoms with van der Waals surface area (Å²) in [5.41, 5.74) is 3.64. The van der Waals surface area contributed by atoms with E-state index in [4.69, 9.17) is 16.0 Å².